The number of nitrogens with zero attached hydrogens (tertiary/aromatic N) is 1. The Labute approximate surface area is 121 Å². The van der Waals surface area contributed by atoms with E-state index < -0.39 is 17.6 Å². The number of aliphatic hydroxyl groups is 1. The van der Waals surface area contributed by atoms with Gasteiger partial charge in [0.1, 0.15) is 5.82 Å². The molecule has 0 aliphatic heterocycles. The van der Waals surface area contributed by atoms with Gasteiger partial charge in [-0.1, -0.05) is 12.1 Å². The van der Waals surface area contributed by atoms with Crippen LogP contribution in [0.1, 0.15) is 18.1 Å². The van der Waals surface area contributed by atoms with E-state index in [4.69, 9.17) is 5.11 Å². The van der Waals surface area contributed by atoms with Crippen molar-refractivity contribution in [2.24, 2.45) is 0 Å². The van der Waals surface area contributed by atoms with Crippen LogP contribution in [0.2, 0.25) is 0 Å². The first-order valence-corrected chi connectivity index (χ1v) is 6.63. The molecule has 0 radical (unpaired) electrons. The monoisotopic (exact) mass is 308 g/mol. The molecule has 0 bridgehead atoms. The summed E-state index contributed by atoms with van der Waals surface area (Å²) in [5.74, 6) is -1.23. The minimum absolute atomic E-state index is 0.0125. The Bertz CT molecular complexity index is 451. The summed E-state index contributed by atoms with van der Waals surface area (Å²) in [5.41, 5.74) is -1.26. The third-order valence-electron chi connectivity index (χ3n) is 3.09. The normalized spacial score (nSPS) is 13.7. The average molecular weight is 308 g/mol. The lowest BCUT2D eigenvalue weighted by molar-refractivity contribution is -0.140. The SMILES string of the molecule is CC(CN(C)CCO)NCc1cccc(C(F)(F)F)c1F. The lowest BCUT2D eigenvalue weighted by Crippen LogP contribution is -2.38. The number of likely N-dealkylation sites (N-methyl/N-ethyl adjacent to an activating group) is 1. The first kappa shape index (κ1) is 17.9. The zero-order chi connectivity index (χ0) is 16.0. The van der Waals surface area contributed by atoms with Crippen molar-refractivity contribution in [3.05, 3.63) is 35.1 Å². The van der Waals surface area contributed by atoms with Gasteiger partial charge in [0.15, 0.2) is 0 Å². The Balaban J connectivity index is 2.64. The molecule has 0 amide bonds. The summed E-state index contributed by atoms with van der Waals surface area (Å²) in [6.45, 7) is 3.00. The molecule has 1 aromatic rings. The van der Waals surface area contributed by atoms with Crippen molar-refractivity contribution >= 4 is 0 Å². The fourth-order valence-corrected chi connectivity index (χ4v) is 2.01. The van der Waals surface area contributed by atoms with Crippen LogP contribution in [0.25, 0.3) is 0 Å². The first-order chi connectivity index (χ1) is 9.75. The van der Waals surface area contributed by atoms with Crippen LogP contribution < -0.4 is 5.32 Å². The third kappa shape index (κ3) is 5.61. The van der Waals surface area contributed by atoms with E-state index in [1.807, 2.05) is 18.9 Å². The lowest BCUT2D eigenvalue weighted by Gasteiger charge is -2.21. The quantitative estimate of drug-likeness (QED) is 0.759. The molecule has 120 valence electrons. The summed E-state index contributed by atoms with van der Waals surface area (Å²) in [5, 5.41) is 11.8. The van der Waals surface area contributed by atoms with Gasteiger partial charge >= 0.3 is 6.18 Å². The van der Waals surface area contributed by atoms with Gasteiger partial charge in [0.25, 0.3) is 0 Å². The first-order valence-electron chi connectivity index (χ1n) is 6.63. The second-order valence-corrected chi connectivity index (χ2v) is 5.04. The molecular formula is C14H20F4N2O. The fraction of sp³-hybridized carbons (Fsp3) is 0.571. The summed E-state index contributed by atoms with van der Waals surface area (Å²) < 4.78 is 51.6. The van der Waals surface area contributed by atoms with Gasteiger partial charge in [-0.15, -0.1) is 0 Å². The molecule has 7 heteroatoms. The molecule has 0 fully saturated rings. The highest BCUT2D eigenvalue weighted by Crippen LogP contribution is 2.32. The molecule has 1 aromatic carbocycles. The largest absolute Gasteiger partial charge is 0.419 e. The number of hydrogen-bond acceptors (Lipinski definition) is 3. The zero-order valence-electron chi connectivity index (χ0n) is 12.0. The minimum Gasteiger partial charge on any atom is -0.395 e. The lowest BCUT2D eigenvalue weighted by atomic mass is 10.1. The van der Waals surface area contributed by atoms with Gasteiger partial charge in [0.05, 0.1) is 12.2 Å². The van der Waals surface area contributed by atoms with Crippen LogP contribution >= 0.6 is 0 Å². The second kappa shape index (κ2) is 7.72. The van der Waals surface area contributed by atoms with Crippen LogP contribution in [0.4, 0.5) is 17.6 Å². The molecule has 0 spiro atoms. The smallest absolute Gasteiger partial charge is 0.395 e. The maximum Gasteiger partial charge on any atom is 0.419 e. The van der Waals surface area contributed by atoms with E-state index in [-0.39, 0.29) is 24.8 Å². The van der Waals surface area contributed by atoms with Crippen molar-refractivity contribution in [1.29, 1.82) is 0 Å². The molecule has 1 atom stereocenters. The van der Waals surface area contributed by atoms with Gasteiger partial charge in [-0.05, 0) is 20.0 Å². The molecule has 0 saturated heterocycles. The molecule has 3 nitrogen and oxygen atoms in total. The van der Waals surface area contributed by atoms with Crippen LogP contribution in [0.5, 0.6) is 0 Å². The van der Waals surface area contributed by atoms with Crippen molar-refractivity contribution in [2.45, 2.75) is 25.7 Å². The van der Waals surface area contributed by atoms with Crippen molar-refractivity contribution in [3.63, 3.8) is 0 Å². The van der Waals surface area contributed by atoms with Crippen LogP contribution in [0.3, 0.4) is 0 Å². The van der Waals surface area contributed by atoms with Gasteiger partial charge in [-0.3, -0.25) is 0 Å². The Kier molecular flexibility index (Phi) is 6.57. The van der Waals surface area contributed by atoms with Crippen molar-refractivity contribution in [3.8, 4) is 0 Å². The molecule has 2 N–H and O–H groups in total. The van der Waals surface area contributed by atoms with E-state index in [2.05, 4.69) is 5.32 Å². The second-order valence-electron chi connectivity index (χ2n) is 5.04. The molecule has 21 heavy (non-hydrogen) atoms. The van der Waals surface area contributed by atoms with E-state index in [1.165, 1.54) is 12.1 Å². The summed E-state index contributed by atoms with van der Waals surface area (Å²) >= 11 is 0. The van der Waals surface area contributed by atoms with E-state index >= 15 is 0 Å². The van der Waals surface area contributed by atoms with Gasteiger partial charge in [-0.2, -0.15) is 13.2 Å². The fourth-order valence-electron chi connectivity index (χ4n) is 2.01. The van der Waals surface area contributed by atoms with Crippen molar-refractivity contribution < 1.29 is 22.7 Å². The van der Waals surface area contributed by atoms with E-state index in [0.717, 1.165) is 6.07 Å². The Morgan fingerprint density at radius 1 is 1.33 bits per heavy atom. The molecule has 1 unspecified atom stereocenters. The van der Waals surface area contributed by atoms with E-state index in [9.17, 15) is 17.6 Å². The minimum atomic E-state index is -4.69. The molecule has 1 rings (SSSR count). The summed E-state index contributed by atoms with van der Waals surface area (Å²) in [7, 11) is 1.82. The zero-order valence-corrected chi connectivity index (χ0v) is 12.0. The number of aliphatic hydroxyl groups excluding tert-OH is 1. The molecule has 0 heterocycles. The van der Waals surface area contributed by atoms with Gasteiger partial charge in [0, 0.05) is 31.2 Å². The highest BCUT2D eigenvalue weighted by atomic mass is 19.4. The van der Waals surface area contributed by atoms with Gasteiger partial charge in [-0.25, -0.2) is 4.39 Å². The third-order valence-corrected chi connectivity index (χ3v) is 3.09. The Hall–Kier alpha value is -1.18. The number of halogens is 4. The molecule has 0 aromatic heterocycles. The molecule has 0 aliphatic carbocycles. The van der Waals surface area contributed by atoms with Crippen LogP contribution in [-0.2, 0) is 12.7 Å². The highest BCUT2D eigenvalue weighted by Gasteiger charge is 2.34. The number of hydrogen-bond donors (Lipinski definition) is 2. The predicted octanol–water partition coefficient (Wildman–Crippen LogP) is 2.25. The topological polar surface area (TPSA) is 35.5 Å². The molecular weight excluding hydrogens is 288 g/mol. The number of benzene rings is 1. The summed E-state index contributed by atoms with van der Waals surface area (Å²) in [4.78, 5) is 1.88. The predicted molar refractivity (Wildman–Crippen MR) is 72.3 cm³/mol. The maximum atomic E-state index is 13.8. The van der Waals surface area contributed by atoms with Crippen molar-refractivity contribution in [1.82, 2.24) is 10.2 Å². The number of nitrogens with one attached hydrogen (secondary N) is 1. The van der Waals surface area contributed by atoms with Crippen LogP contribution in [0, 0.1) is 5.82 Å². The molecule has 0 saturated carbocycles. The number of rotatable bonds is 7. The Morgan fingerprint density at radius 2 is 2.00 bits per heavy atom. The van der Waals surface area contributed by atoms with E-state index in [0.29, 0.717) is 13.1 Å². The van der Waals surface area contributed by atoms with Crippen LogP contribution in [-0.4, -0.2) is 42.8 Å². The Morgan fingerprint density at radius 3 is 2.57 bits per heavy atom. The molecule has 0 aliphatic rings. The van der Waals surface area contributed by atoms with E-state index in [1.54, 1.807) is 0 Å². The maximum absolute atomic E-state index is 13.8. The summed E-state index contributed by atoms with van der Waals surface area (Å²) in [6.07, 6.45) is -4.69. The van der Waals surface area contributed by atoms with Crippen LogP contribution in [0.15, 0.2) is 18.2 Å². The average Bonchev–Trinajstić information content (AvgIpc) is 2.36. The highest BCUT2D eigenvalue weighted by molar-refractivity contribution is 5.28. The van der Waals surface area contributed by atoms with Gasteiger partial charge < -0.3 is 15.3 Å². The standard InChI is InChI=1S/C14H20F4N2O/c1-10(9-20(2)6-7-21)19-8-11-4-3-5-12(13(11)15)14(16,17)18/h3-5,10,19,21H,6-9H2,1-2H3. The summed E-state index contributed by atoms with van der Waals surface area (Å²) in [6, 6.07) is 3.22. The van der Waals surface area contributed by atoms with Gasteiger partial charge in [0.2, 0.25) is 0 Å². The number of alkyl halides is 3. The van der Waals surface area contributed by atoms with Crippen molar-refractivity contribution in [2.75, 3.05) is 26.7 Å².